The van der Waals surface area contributed by atoms with Crippen molar-refractivity contribution >= 4 is 17.9 Å². The fourth-order valence-electron chi connectivity index (χ4n) is 1.49. The molecule has 94 valence electrons. The van der Waals surface area contributed by atoms with Gasteiger partial charge in [0.2, 0.25) is 0 Å². The minimum atomic E-state index is 0.341. The zero-order valence-corrected chi connectivity index (χ0v) is 10.6. The number of carbonyl (C=O) groups is 1. The summed E-state index contributed by atoms with van der Waals surface area (Å²) in [6, 6.07) is 1.53. The Bertz CT molecular complexity index is 409. The number of halogens is 1. The van der Waals surface area contributed by atoms with Crippen molar-refractivity contribution in [3.63, 3.8) is 0 Å². The number of hydroxylamine groups is 1. The smallest absolute Gasteiger partial charge is 0.171 e. The van der Waals surface area contributed by atoms with Crippen LogP contribution in [0.2, 0.25) is 5.02 Å². The number of hydrogen-bond donors (Lipinski definition) is 1. The Morgan fingerprint density at radius 3 is 2.41 bits per heavy atom. The largest absolute Gasteiger partial charge is 0.492 e. The summed E-state index contributed by atoms with van der Waals surface area (Å²) in [4.78, 5) is 15.7. The van der Waals surface area contributed by atoms with Crippen molar-refractivity contribution in [2.75, 3.05) is 21.3 Å². The van der Waals surface area contributed by atoms with E-state index in [4.69, 9.17) is 25.9 Å². The summed E-state index contributed by atoms with van der Waals surface area (Å²) in [7, 11) is 4.45. The van der Waals surface area contributed by atoms with Gasteiger partial charge in [-0.1, -0.05) is 11.6 Å². The van der Waals surface area contributed by atoms with Crippen LogP contribution < -0.4 is 15.0 Å². The zero-order chi connectivity index (χ0) is 12.8. The minimum Gasteiger partial charge on any atom is -0.492 e. The van der Waals surface area contributed by atoms with Gasteiger partial charge < -0.3 is 14.3 Å². The van der Waals surface area contributed by atoms with Gasteiger partial charge in [0.25, 0.3) is 0 Å². The average Bonchev–Trinajstić information content (AvgIpc) is 2.35. The highest BCUT2D eigenvalue weighted by molar-refractivity contribution is 6.32. The highest BCUT2D eigenvalue weighted by Crippen LogP contribution is 2.38. The maximum atomic E-state index is 10.9. The highest BCUT2D eigenvalue weighted by Gasteiger charge is 2.18. The van der Waals surface area contributed by atoms with E-state index < -0.39 is 0 Å². The molecule has 0 amide bonds. The van der Waals surface area contributed by atoms with Gasteiger partial charge in [-0.05, 0) is 6.07 Å². The number of nitrogens with one attached hydrogen (secondary N) is 1. The predicted octanol–water partition coefficient (Wildman–Crippen LogP) is 1.82. The minimum absolute atomic E-state index is 0.341. The van der Waals surface area contributed by atoms with Crippen molar-refractivity contribution in [3.05, 3.63) is 22.2 Å². The van der Waals surface area contributed by atoms with Gasteiger partial charge in [0, 0.05) is 10.6 Å². The fourth-order valence-corrected chi connectivity index (χ4v) is 1.76. The molecule has 0 heterocycles. The van der Waals surface area contributed by atoms with Crippen LogP contribution in [0.4, 0.5) is 0 Å². The molecule has 0 bridgehead atoms. The molecule has 1 aromatic carbocycles. The first-order valence-corrected chi connectivity index (χ1v) is 5.21. The van der Waals surface area contributed by atoms with E-state index in [9.17, 15) is 4.79 Å². The van der Waals surface area contributed by atoms with Gasteiger partial charge in [-0.15, -0.1) is 0 Å². The van der Waals surface area contributed by atoms with Crippen LogP contribution in [0.15, 0.2) is 6.07 Å². The highest BCUT2D eigenvalue weighted by atomic mass is 35.5. The molecule has 0 aliphatic carbocycles. The molecule has 1 N–H and O–H groups in total. The normalized spacial score (nSPS) is 10.1. The number of benzene rings is 1. The van der Waals surface area contributed by atoms with Crippen LogP contribution in [-0.4, -0.2) is 27.6 Å². The number of aldehydes is 1. The predicted molar refractivity (Wildman–Crippen MR) is 63.8 cm³/mol. The summed E-state index contributed by atoms with van der Waals surface area (Å²) in [6.07, 6.45) is 0.667. The summed E-state index contributed by atoms with van der Waals surface area (Å²) < 4.78 is 10.4. The Hall–Kier alpha value is -1.30. The van der Waals surface area contributed by atoms with Gasteiger partial charge in [-0.25, -0.2) is 0 Å². The van der Waals surface area contributed by atoms with Crippen LogP contribution in [0.25, 0.3) is 0 Å². The van der Waals surface area contributed by atoms with E-state index in [1.54, 1.807) is 0 Å². The van der Waals surface area contributed by atoms with Crippen molar-refractivity contribution in [2.24, 2.45) is 0 Å². The number of rotatable bonds is 6. The molecule has 1 aromatic rings. The second-order valence-electron chi connectivity index (χ2n) is 3.14. The molecule has 5 nitrogen and oxygen atoms in total. The van der Waals surface area contributed by atoms with Crippen molar-refractivity contribution < 1.29 is 19.1 Å². The van der Waals surface area contributed by atoms with Crippen molar-refractivity contribution in [3.8, 4) is 11.5 Å². The number of methoxy groups -OCH3 is 2. The first kappa shape index (κ1) is 13.8. The van der Waals surface area contributed by atoms with Gasteiger partial charge in [0.15, 0.2) is 17.8 Å². The molecule has 0 atom stereocenters. The van der Waals surface area contributed by atoms with Crippen LogP contribution >= 0.6 is 11.6 Å². The van der Waals surface area contributed by atoms with Crippen LogP contribution in [0.3, 0.4) is 0 Å². The summed E-state index contributed by atoms with van der Waals surface area (Å²) in [5.41, 5.74) is 3.67. The van der Waals surface area contributed by atoms with Gasteiger partial charge in [0.1, 0.15) is 0 Å². The molecular formula is C11H14ClNO4. The molecule has 0 aliphatic rings. The first-order chi connectivity index (χ1) is 8.19. The third-order valence-corrected chi connectivity index (χ3v) is 2.58. The van der Waals surface area contributed by atoms with E-state index in [2.05, 4.69) is 5.48 Å². The molecule has 0 unspecified atom stereocenters. The Morgan fingerprint density at radius 2 is 1.94 bits per heavy atom. The van der Waals surface area contributed by atoms with Crippen molar-refractivity contribution in [1.29, 1.82) is 0 Å². The van der Waals surface area contributed by atoms with E-state index in [1.165, 1.54) is 27.4 Å². The lowest BCUT2D eigenvalue weighted by atomic mass is 10.1. The maximum Gasteiger partial charge on any atom is 0.171 e. The third-order valence-electron chi connectivity index (χ3n) is 2.24. The topological polar surface area (TPSA) is 56.8 Å². The molecule has 0 fully saturated rings. The van der Waals surface area contributed by atoms with Crippen LogP contribution in [0.1, 0.15) is 15.9 Å². The molecule has 6 heteroatoms. The molecule has 0 radical (unpaired) electrons. The number of ether oxygens (including phenoxy) is 2. The zero-order valence-electron chi connectivity index (χ0n) is 9.87. The Labute approximate surface area is 105 Å². The molecule has 1 rings (SSSR count). The van der Waals surface area contributed by atoms with E-state index in [-0.39, 0.29) is 0 Å². The van der Waals surface area contributed by atoms with E-state index in [0.29, 0.717) is 40.5 Å². The van der Waals surface area contributed by atoms with Crippen LogP contribution in [-0.2, 0) is 11.4 Å². The van der Waals surface area contributed by atoms with Crippen LogP contribution in [0.5, 0.6) is 11.5 Å². The Morgan fingerprint density at radius 1 is 1.29 bits per heavy atom. The lowest BCUT2D eigenvalue weighted by molar-refractivity contribution is 0.0860. The third kappa shape index (κ3) is 2.88. The quantitative estimate of drug-likeness (QED) is 0.624. The monoisotopic (exact) mass is 259 g/mol. The lowest BCUT2D eigenvalue weighted by Crippen LogP contribution is -2.13. The summed E-state index contributed by atoms with van der Waals surface area (Å²) in [5.74, 6) is 0.784. The summed E-state index contributed by atoms with van der Waals surface area (Å²) in [5, 5.41) is 0.411. The standard InChI is InChI=1S/C11H14ClNO4/c1-15-10-7(6-14)4-9(12)8(5-13-17-3)11(10)16-2/h4,6,13H,5H2,1-3H3. The van der Waals surface area contributed by atoms with Gasteiger partial charge in [-0.2, -0.15) is 5.48 Å². The van der Waals surface area contributed by atoms with Gasteiger partial charge in [-0.3, -0.25) is 4.79 Å². The van der Waals surface area contributed by atoms with E-state index >= 15 is 0 Å². The lowest BCUT2D eigenvalue weighted by Gasteiger charge is -2.16. The molecule has 0 spiro atoms. The maximum absolute atomic E-state index is 10.9. The second-order valence-corrected chi connectivity index (χ2v) is 3.54. The van der Waals surface area contributed by atoms with Crippen molar-refractivity contribution in [1.82, 2.24) is 5.48 Å². The SMILES string of the molecule is CONCc1c(Cl)cc(C=O)c(OC)c1OC. The molecule has 17 heavy (non-hydrogen) atoms. The van der Waals surface area contributed by atoms with Crippen LogP contribution in [0, 0.1) is 0 Å². The molecule has 0 saturated heterocycles. The Kier molecular flexibility index (Phi) is 5.21. The molecule has 0 saturated carbocycles. The van der Waals surface area contributed by atoms with Gasteiger partial charge >= 0.3 is 0 Å². The van der Waals surface area contributed by atoms with E-state index in [1.807, 2.05) is 0 Å². The number of carbonyl (C=O) groups excluding carboxylic acids is 1. The Balaban J connectivity index is 3.32. The first-order valence-electron chi connectivity index (χ1n) is 4.83. The average molecular weight is 260 g/mol. The molecular weight excluding hydrogens is 246 g/mol. The number of hydrogen-bond acceptors (Lipinski definition) is 5. The summed E-state index contributed by atoms with van der Waals surface area (Å²) >= 11 is 6.07. The fraction of sp³-hybridized carbons (Fsp3) is 0.364. The molecule has 0 aromatic heterocycles. The summed E-state index contributed by atoms with van der Waals surface area (Å²) in [6.45, 7) is 0.341. The van der Waals surface area contributed by atoms with Crippen molar-refractivity contribution in [2.45, 2.75) is 6.54 Å². The van der Waals surface area contributed by atoms with Gasteiger partial charge in [0.05, 0.1) is 33.4 Å². The van der Waals surface area contributed by atoms with E-state index in [0.717, 1.165) is 0 Å². The second kappa shape index (κ2) is 6.44. The molecule has 0 aliphatic heterocycles.